The van der Waals surface area contributed by atoms with Gasteiger partial charge in [0.05, 0.1) is 0 Å². The van der Waals surface area contributed by atoms with Crippen molar-refractivity contribution in [1.82, 2.24) is 0 Å². The average Bonchev–Trinajstić information content (AvgIpc) is 2.05. The fourth-order valence-electron chi connectivity index (χ4n) is 1.73. The zero-order valence-corrected chi connectivity index (χ0v) is 6.29. The lowest BCUT2D eigenvalue weighted by Crippen LogP contribution is -2.20. The minimum absolute atomic E-state index is 0.302. The van der Waals surface area contributed by atoms with E-state index in [1.54, 1.807) is 0 Å². The van der Waals surface area contributed by atoms with Gasteiger partial charge in [0.1, 0.15) is 0 Å². The van der Waals surface area contributed by atoms with E-state index in [9.17, 15) is 0 Å². The summed E-state index contributed by atoms with van der Waals surface area (Å²) >= 11 is 0. The summed E-state index contributed by atoms with van der Waals surface area (Å²) in [4.78, 5) is 0. The van der Waals surface area contributed by atoms with Gasteiger partial charge in [-0.25, -0.2) is 0 Å². The average molecular weight is 144 g/mol. The Morgan fingerprint density at radius 1 is 1.00 bits per heavy atom. The first-order chi connectivity index (χ1) is 4.86. The van der Waals surface area contributed by atoms with Gasteiger partial charge in [0.25, 0.3) is 0 Å². The molecule has 0 bridgehead atoms. The molecule has 1 saturated carbocycles. The predicted molar refractivity (Wildman–Crippen MR) is 39.6 cm³/mol. The molecule has 0 aromatic rings. The molecule has 1 fully saturated rings. The second-order valence-corrected chi connectivity index (χ2v) is 3.26. The highest BCUT2D eigenvalue weighted by atomic mass is 16.3. The Bertz CT molecular complexity index is 83.3. The summed E-state index contributed by atoms with van der Waals surface area (Å²) in [6, 6.07) is 0. The molecule has 2 atom stereocenters. The summed E-state index contributed by atoms with van der Waals surface area (Å²) in [5.74, 6) is 0.928. The Labute approximate surface area is 61.9 Å². The minimum atomic E-state index is 0.302. The van der Waals surface area contributed by atoms with E-state index in [1.807, 2.05) is 0 Å². The van der Waals surface area contributed by atoms with Gasteiger partial charge in [-0.15, -0.1) is 0 Å². The molecule has 0 saturated heterocycles. The first-order valence-corrected chi connectivity index (χ1v) is 4.08. The summed E-state index contributed by atoms with van der Waals surface area (Å²) in [5, 5.41) is 17.6. The van der Waals surface area contributed by atoms with E-state index in [0.29, 0.717) is 25.0 Å². The lowest BCUT2D eigenvalue weighted by atomic mass is 9.82. The van der Waals surface area contributed by atoms with Crippen molar-refractivity contribution in [2.45, 2.75) is 25.7 Å². The van der Waals surface area contributed by atoms with Crippen molar-refractivity contribution in [3.63, 3.8) is 0 Å². The number of aliphatic hydroxyl groups excluding tert-OH is 2. The standard InChI is InChI=1S/C8H16O2/c9-5-7-2-1-3-8(4-7)6-10/h7-10H,1-6H2/t7-,8-/m1/s1. The monoisotopic (exact) mass is 144 g/mol. The van der Waals surface area contributed by atoms with Crippen molar-refractivity contribution in [1.29, 1.82) is 0 Å². The van der Waals surface area contributed by atoms with Crippen molar-refractivity contribution in [2.24, 2.45) is 11.8 Å². The van der Waals surface area contributed by atoms with Crippen LogP contribution in [0.3, 0.4) is 0 Å². The normalized spacial score (nSPS) is 34.2. The Hall–Kier alpha value is -0.0800. The smallest absolute Gasteiger partial charge is 0.0459 e. The third kappa shape index (κ3) is 1.96. The first-order valence-electron chi connectivity index (χ1n) is 4.08. The third-order valence-corrected chi connectivity index (χ3v) is 2.41. The van der Waals surface area contributed by atoms with Gasteiger partial charge in [-0.1, -0.05) is 6.42 Å². The fourth-order valence-corrected chi connectivity index (χ4v) is 1.73. The van der Waals surface area contributed by atoms with Gasteiger partial charge < -0.3 is 10.2 Å². The van der Waals surface area contributed by atoms with Crippen LogP contribution in [-0.2, 0) is 0 Å². The van der Waals surface area contributed by atoms with Crippen molar-refractivity contribution in [2.75, 3.05) is 13.2 Å². The molecule has 0 aromatic heterocycles. The summed E-state index contributed by atoms with van der Waals surface area (Å²) in [6.45, 7) is 0.604. The number of hydrogen-bond donors (Lipinski definition) is 2. The van der Waals surface area contributed by atoms with Crippen LogP contribution >= 0.6 is 0 Å². The molecule has 60 valence electrons. The Morgan fingerprint density at radius 3 is 1.90 bits per heavy atom. The molecule has 0 unspecified atom stereocenters. The maximum atomic E-state index is 8.82. The Kier molecular flexibility index (Phi) is 3.16. The van der Waals surface area contributed by atoms with Crippen molar-refractivity contribution >= 4 is 0 Å². The molecule has 0 aliphatic heterocycles. The zero-order chi connectivity index (χ0) is 7.40. The van der Waals surface area contributed by atoms with E-state index in [4.69, 9.17) is 10.2 Å². The molecule has 1 aliphatic carbocycles. The van der Waals surface area contributed by atoms with Crippen molar-refractivity contribution < 1.29 is 10.2 Å². The van der Waals surface area contributed by atoms with E-state index in [-0.39, 0.29) is 0 Å². The lowest BCUT2D eigenvalue weighted by molar-refractivity contribution is 0.121. The second kappa shape index (κ2) is 3.94. The number of rotatable bonds is 2. The molecule has 2 N–H and O–H groups in total. The van der Waals surface area contributed by atoms with Gasteiger partial charge in [0.15, 0.2) is 0 Å². The molecule has 0 spiro atoms. The summed E-state index contributed by atoms with van der Waals surface area (Å²) in [5.41, 5.74) is 0. The Morgan fingerprint density at radius 2 is 1.50 bits per heavy atom. The highest BCUT2D eigenvalue weighted by Gasteiger charge is 2.20. The van der Waals surface area contributed by atoms with E-state index < -0.39 is 0 Å². The largest absolute Gasteiger partial charge is 0.396 e. The Balaban J connectivity index is 2.25. The van der Waals surface area contributed by atoms with Gasteiger partial charge >= 0.3 is 0 Å². The van der Waals surface area contributed by atoms with Crippen LogP contribution < -0.4 is 0 Å². The van der Waals surface area contributed by atoms with Crippen LogP contribution in [-0.4, -0.2) is 23.4 Å². The van der Waals surface area contributed by atoms with E-state index in [2.05, 4.69) is 0 Å². The highest BCUT2D eigenvalue weighted by molar-refractivity contribution is 4.71. The molecule has 1 aliphatic rings. The summed E-state index contributed by atoms with van der Waals surface area (Å²) in [7, 11) is 0. The van der Waals surface area contributed by atoms with E-state index >= 15 is 0 Å². The third-order valence-electron chi connectivity index (χ3n) is 2.41. The maximum Gasteiger partial charge on any atom is 0.0459 e. The lowest BCUT2D eigenvalue weighted by Gasteiger charge is -2.26. The molecule has 0 amide bonds. The van der Waals surface area contributed by atoms with Crippen LogP contribution in [0.15, 0.2) is 0 Å². The second-order valence-electron chi connectivity index (χ2n) is 3.26. The molecule has 1 rings (SSSR count). The summed E-state index contributed by atoms with van der Waals surface area (Å²) in [6.07, 6.45) is 4.49. The predicted octanol–water partition coefficient (Wildman–Crippen LogP) is 0.777. The minimum Gasteiger partial charge on any atom is -0.396 e. The van der Waals surface area contributed by atoms with Crippen LogP contribution in [0.4, 0.5) is 0 Å². The van der Waals surface area contributed by atoms with Gasteiger partial charge in [-0.05, 0) is 31.1 Å². The quantitative estimate of drug-likeness (QED) is 0.601. The molecule has 2 heteroatoms. The molecule has 0 aromatic carbocycles. The van der Waals surface area contributed by atoms with Gasteiger partial charge in [0, 0.05) is 13.2 Å². The number of hydrogen-bond acceptors (Lipinski definition) is 2. The molecule has 2 nitrogen and oxygen atoms in total. The van der Waals surface area contributed by atoms with Crippen molar-refractivity contribution in [3.05, 3.63) is 0 Å². The summed E-state index contributed by atoms with van der Waals surface area (Å²) < 4.78 is 0. The SMILES string of the molecule is OC[C@@H]1CCC[C@@H](CO)C1. The first kappa shape index (κ1) is 8.02. The van der Waals surface area contributed by atoms with Crippen LogP contribution in [0.1, 0.15) is 25.7 Å². The van der Waals surface area contributed by atoms with Gasteiger partial charge in [-0.2, -0.15) is 0 Å². The maximum absolute atomic E-state index is 8.82. The van der Waals surface area contributed by atoms with Crippen LogP contribution in [0.2, 0.25) is 0 Å². The molecule has 10 heavy (non-hydrogen) atoms. The molecular formula is C8H16O2. The number of aliphatic hydroxyl groups is 2. The molecular weight excluding hydrogens is 128 g/mol. The van der Waals surface area contributed by atoms with E-state index in [0.717, 1.165) is 19.3 Å². The van der Waals surface area contributed by atoms with Gasteiger partial charge in [0.2, 0.25) is 0 Å². The van der Waals surface area contributed by atoms with Crippen LogP contribution in [0, 0.1) is 11.8 Å². The van der Waals surface area contributed by atoms with Crippen LogP contribution in [0.25, 0.3) is 0 Å². The van der Waals surface area contributed by atoms with Crippen LogP contribution in [0.5, 0.6) is 0 Å². The highest BCUT2D eigenvalue weighted by Crippen LogP contribution is 2.27. The zero-order valence-electron chi connectivity index (χ0n) is 6.29. The fraction of sp³-hybridized carbons (Fsp3) is 1.00. The van der Waals surface area contributed by atoms with Crippen molar-refractivity contribution in [3.8, 4) is 0 Å². The van der Waals surface area contributed by atoms with Gasteiger partial charge in [-0.3, -0.25) is 0 Å². The van der Waals surface area contributed by atoms with E-state index in [1.165, 1.54) is 6.42 Å². The molecule has 0 radical (unpaired) electrons. The molecule has 0 heterocycles. The topological polar surface area (TPSA) is 40.5 Å².